The van der Waals surface area contributed by atoms with Crippen molar-refractivity contribution in [3.05, 3.63) is 29.8 Å². The van der Waals surface area contributed by atoms with Crippen LogP contribution in [0.2, 0.25) is 0 Å². The Bertz CT molecular complexity index is 1900. The number of rotatable bonds is 26. The van der Waals surface area contributed by atoms with Gasteiger partial charge < -0.3 is 78.5 Å². The molecule has 15 N–H and O–H groups in total. The number of benzene rings is 1. The molecule has 0 radical (unpaired) electrons. The number of nitrogens with one attached hydrogen (secondary N) is 7. The minimum Gasteiger partial charge on any atom is -0.508 e. The number of nitrogens with zero attached hydrogens (tertiary/aromatic N) is 1. The predicted octanol–water partition coefficient (Wildman–Crippen LogP) is -5.10. The molecule has 9 atom stereocenters. The van der Waals surface area contributed by atoms with Crippen LogP contribution >= 0.6 is 0 Å². The first-order valence-corrected chi connectivity index (χ1v) is 21.2. The summed E-state index contributed by atoms with van der Waals surface area (Å²) in [5, 5.41) is 74.3. The molecular weight excluding hydrogens is 874 g/mol. The van der Waals surface area contributed by atoms with E-state index in [4.69, 9.17) is 5.73 Å². The van der Waals surface area contributed by atoms with E-state index in [2.05, 4.69) is 37.2 Å². The number of aromatic hydroxyl groups is 1. The van der Waals surface area contributed by atoms with Crippen molar-refractivity contribution in [2.45, 2.75) is 121 Å². The van der Waals surface area contributed by atoms with E-state index in [1.54, 1.807) is 13.8 Å². The summed E-state index contributed by atoms with van der Waals surface area (Å²) in [5.41, 5.74) is 6.05. The number of aliphatic hydroxyl groups excluding tert-OH is 3. The van der Waals surface area contributed by atoms with Crippen molar-refractivity contribution in [1.82, 2.24) is 42.1 Å². The Hall–Kier alpha value is -6.44. The molecule has 25 heteroatoms. The molecule has 0 saturated carbocycles. The minimum absolute atomic E-state index is 0.0440. The largest absolute Gasteiger partial charge is 0.508 e. The molecule has 0 bridgehead atoms. The fourth-order valence-corrected chi connectivity index (χ4v) is 6.66. The van der Waals surface area contributed by atoms with Crippen molar-refractivity contribution in [3.8, 4) is 5.75 Å². The Morgan fingerprint density at radius 3 is 1.71 bits per heavy atom. The van der Waals surface area contributed by atoms with Crippen LogP contribution in [-0.2, 0) is 54.4 Å². The molecule has 1 aromatic rings. The van der Waals surface area contributed by atoms with E-state index in [9.17, 15) is 78.6 Å². The van der Waals surface area contributed by atoms with Gasteiger partial charge in [0.2, 0.25) is 47.3 Å². The molecule has 1 saturated heterocycles. The average Bonchev–Trinajstić information content (AvgIpc) is 3.75. The smallest absolute Gasteiger partial charge is 0.326 e. The van der Waals surface area contributed by atoms with Crippen molar-refractivity contribution >= 4 is 59.2 Å². The number of phenolic OH excluding ortho intramolecular Hbond substituents is 1. The van der Waals surface area contributed by atoms with Crippen LogP contribution in [0, 0.1) is 11.8 Å². The summed E-state index contributed by atoms with van der Waals surface area (Å²) >= 11 is 0. The molecule has 0 aliphatic carbocycles. The number of aliphatic carboxylic acids is 2. The van der Waals surface area contributed by atoms with E-state index in [1.807, 2.05) is 0 Å². The number of carbonyl (C=O) groups excluding carboxylic acids is 8. The SMILES string of the molecule is CC(C)C[C@H](NC(=O)[C@@H](N)CO)C(=O)N[C@@H](Cc1ccc(O)cc1)C(=O)N[C@@H](C)C(=O)N[C@@H](CC(=O)O)C(=O)N[C@@H](CO)C(=O)N1CCC[C@H]1C(=O)N[C@@H](CO)C(=O)N[C@H](C(=O)O)C(C)C. The number of hydrogen-bond donors (Lipinski definition) is 14. The van der Waals surface area contributed by atoms with Crippen LogP contribution in [0.1, 0.15) is 65.9 Å². The molecule has 8 amide bonds. The van der Waals surface area contributed by atoms with Gasteiger partial charge >= 0.3 is 11.9 Å². The van der Waals surface area contributed by atoms with Gasteiger partial charge in [-0.05, 0) is 55.7 Å². The first-order valence-electron chi connectivity index (χ1n) is 21.2. The van der Waals surface area contributed by atoms with E-state index in [0.29, 0.717) is 5.56 Å². The number of aliphatic hydroxyl groups is 3. The summed E-state index contributed by atoms with van der Waals surface area (Å²) < 4.78 is 0. The highest BCUT2D eigenvalue weighted by molar-refractivity contribution is 5.99. The third-order valence-electron chi connectivity index (χ3n) is 10.3. The van der Waals surface area contributed by atoms with Gasteiger partial charge in [0.05, 0.1) is 26.2 Å². The maximum absolute atomic E-state index is 13.7. The normalized spacial score (nSPS) is 17.1. The number of likely N-dealkylation sites (tertiary alicyclic amines) is 1. The molecule has 0 unspecified atom stereocenters. The Kier molecular flexibility index (Phi) is 22.4. The second kappa shape index (κ2) is 26.5. The molecule has 0 aromatic heterocycles. The first-order chi connectivity index (χ1) is 30.9. The van der Waals surface area contributed by atoms with Crippen LogP contribution in [0.15, 0.2) is 24.3 Å². The zero-order chi connectivity index (χ0) is 50.0. The van der Waals surface area contributed by atoms with E-state index < -0.39 is 146 Å². The molecule has 2 rings (SSSR count). The van der Waals surface area contributed by atoms with Crippen LogP contribution in [0.4, 0.5) is 0 Å². The van der Waals surface area contributed by atoms with Gasteiger partial charge in [-0.15, -0.1) is 0 Å². The number of carboxylic acids is 2. The lowest BCUT2D eigenvalue weighted by atomic mass is 10.0. The predicted molar refractivity (Wildman–Crippen MR) is 229 cm³/mol. The molecule has 1 aromatic carbocycles. The van der Waals surface area contributed by atoms with Gasteiger partial charge in [0.1, 0.15) is 60.1 Å². The van der Waals surface area contributed by atoms with Crippen LogP contribution < -0.4 is 43.0 Å². The molecule has 1 aliphatic heterocycles. The number of hydrogen-bond acceptors (Lipinski definition) is 15. The fraction of sp³-hybridized carbons (Fsp3) is 0.610. The highest BCUT2D eigenvalue weighted by Crippen LogP contribution is 2.19. The van der Waals surface area contributed by atoms with Gasteiger partial charge in [0.15, 0.2) is 0 Å². The minimum atomic E-state index is -1.91. The van der Waals surface area contributed by atoms with Gasteiger partial charge in [0, 0.05) is 13.0 Å². The van der Waals surface area contributed by atoms with Crippen molar-refractivity contribution < 1.29 is 78.6 Å². The van der Waals surface area contributed by atoms with Crippen LogP contribution in [0.25, 0.3) is 0 Å². The number of carboxylic acid groups (broad SMARTS) is 2. The van der Waals surface area contributed by atoms with E-state index in [-0.39, 0.29) is 43.9 Å². The first kappa shape index (κ1) is 55.7. The molecule has 1 heterocycles. The second-order valence-corrected chi connectivity index (χ2v) is 16.5. The Morgan fingerprint density at radius 1 is 0.652 bits per heavy atom. The lowest BCUT2D eigenvalue weighted by Gasteiger charge is -2.30. The van der Waals surface area contributed by atoms with Crippen molar-refractivity contribution in [3.63, 3.8) is 0 Å². The highest BCUT2D eigenvalue weighted by Gasteiger charge is 2.40. The lowest BCUT2D eigenvalue weighted by Crippen LogP contribution is -2.61. The van der Waals surface area contributed by atoms with Crippen LogP contribution in [-0.4, -0.2) is 175 Å². The second-order valence-electron chi connectivity index (χ2n) is 16.5. The zero-order valence-electron chi connectivity index (χ0n) is 37.3. The van der Waals surface area contributed by atoms with Gasteiger partial charge in [-0.1, -0.05) is 39.8 Å². The van der Waals surface area contributed by atoms with Gasteiger partial charge in [0.25, 0.3) is 0 Å². The quantitative estimate of drug-likeness (QED) is 0.0413. The maximum Gasteiger partial charge on any atom is 0.326 e. The molecule has 1 aliphatic rings. The third-order valence-corrected chi connectivity index (χ3v) is 10.3. The summed E-state index contributed by atoms with van der Waals surface area (Å²) in [6.45, 7) is 4.99. The lowest BCUT2D eigenvalue weighted by molar-refractivity contribution is -0.145. The van der Waals surface area contributed by atoms with Gasteiger partial charge in [-0.2, -0.15) is 0 Å². The topological polar surface area (TPSA) is 406 Å². The maximum atomic E-state index is 13.7. The van der Waals surface area contributed by atoms with Crippen molar-refractivity contribution in [1.29, 1.82) is 0 Å². The highest BCUT2D eigenvalue weighted by atomic mass is 16.4. The Morgan fingerprint density at radius 2 is 1.18 bits per heavy atom. The van der Waals surface area contributed by atoms with Gasteiger partial charge in [-0.25, -0.2) is 4.79 Å². The van der Waals surface area contributed by atoms with E-state index >= 15 is 0 Å². The summed E-state index contributed by atoms with van der Waals surface area (Å²) in [6, 6.07) is -7.85. The molecule has 0 spiro atoms. The van der Waals surface area contributed by atoms with Crippen molar-refractivity contribution in [2.75, 3.05) is 26.4 Å². The van der Waals surface area contributed by atoms with Crippen LogP contribution in [0.5, 0.6) is 5.75 Å². The molecule has 66 heavy (non-hydrogen) atoms. The third kappa shape index (κ3) is 17.2. The van der Waals surface area contributed by atoms with E-state index in [0.717, 1.165) is 4.90 Å². The number of nitrogens with two attached hydrogens (primary N) is 1. The standard InChI is InChI=1S/C41H63N9O16/c1-19(2)13-25(45-34(58)24(42)16-51)36(60)46-26(14-22-8-10-23(54)11-9-22)35(59)43-21(5)33(57)44-27(15-31(55)56)37(61)48-29(18-53)40(64)50-12-6-7-30(50)39(63)47-28(17-52)38(62)49-32(20(3)4)41(65)66/h8-11,19-21,24-30,32,51-54H,6-7,12-18,42H2,1-5H3,(H,43,59)(H,44,57)(H,45,58)(H,46,60)(H,47,63)(H,48,61)(H,49,62)(H,55,56)(H,65,66)/t21-,24-,25-,26-,27-,28-,29-,30-,32-/m0/s1. The summed E-state index contributed by atoms with van der Waals surface area (Å²) in [6.07, 6.45) is -0.870. The Labute approximate surface area is 380 Å². The van der Waals surface area contributed by atoms with E-state index in [1.165, 1.54) is 45.0 Å². The molecule has 25 nitrogen and oxygen atoms in total. The molecular formula is C41H63N9O16. The number of amides is 8. The fourth-order valence-electron chi connectivity index (χ4n) is 6.66. The summed E-state index contributed by atoms with van der Waals surface area (Å²) in [7, 11) is 0. The Balaban J connectivity index is 2.23. The monoisotopic (exact) mass is 937 g/mol. The molecule has 368 valence electrons. The zero-order valence-corrected chi connectivity index (χ0v) is 37.3. The average molecular weight is 938 g/mol. The van der Waals surface area contributed by atoms with Crippen LogP contribution in [0.3, 0.4) is 0 Å². The summed E-state index contributed by atoms with van der Waals surface area (Å²) in [4.78, 5) is 131. The van der Waals surface area contributed by atoms with Crippen molar-refractivity contribution in [2.24, 2.45) is 17.6 Å². The summed E-state index contributed by atoms with van der Waals surface area (Å²) in [5.74, 6) is -11.6. The number of phenols is 1. The number of carbonyl (C=O) groups is 10. The molecule has 1 fully saturated rings. The van der Waals surface area contributed by atoms with Gasteiger partial charge in [-0.3, -0.25) is 43.2 Å².